The molecule has 112 valence electrons. The highest BCUT2D eigenvalue weighted by Crippen LogP contribution is 2.21. The number of anilines is 2. The molecule has 2 rings (SSSR count). The van der Waals surface area contributed by atoms with Crippen molar-refractivity contribution in [2.45, 2.75) is 20.3 Å². The molecule has 2 aromatic rings. The molecule has 0 unspecified atom stereocenters. The molecule has 0 amide bonds. The van der Waals surface area contributed by atoms with Gasteiger partial charge in [-0.1, -0.05) is 19.9 Å². The normalized spacial score (nSPS) is 10.6. The molecular formula is C16H22N4O. The topological polar surface area (TPSA) is 73.1 Å². The molecule has 0 aromatic carbocycles. The van der Waals surface area contributed by atoms with Gasteiger partial charge in [0.25, 0.3) is 0 Å². The molecule has 0 aliphatic heterocycles. The maximum absolute atomic E-state index is 5.87. The number of aromatic nitrogens is 2. The second-order valence-electron chi connectivity index (χ2n) is 5.33. The van der Waals surface area contributed by atoms with Crippen LogP contribution in [0.15, 0.2) is 36.7 Å². The Bertz CT molecular complexity index is 557. The standard InChI is InChI=1S/C16H22N4O/c1-12(2)11-21-16-14(17)5-6-15(20-16)19-9-7-13-4-3-8-18-10-13/h3-6,8,10,12H,7,9,11,17H2,1-2H3,(H,19,20). The third kappa shape index (κ3) is 4.95. The number of rotatable bonds is 7. The van der Waals surface area contributed by atoms with E-state index in [-0.39, 0.29) is 0 Å². The van der Waals surface area contributed by atoms with E-state index < -0.39 is 0 Å². The fraction of sp³-hybridized carbons (Fsp3) is 0.375. The van der Waals surface area contributed by atoms with Crippen LogP contribution in [-0.2, 0) is 6.42 Å². The second-order valence-corrected chi connectivity index (χ2v) is 5.33. The Morgan fingerprint density at radius 2 is 2.14 bits per heavy atom. The van der Waals surface area contributed by atoms with E-state index in [1.807, 2.05) is 24.4 Å². The number of hydrogen-bond acceptors (Lipinski definition) is 5. The van der Waals surface area contributed by atoms with E-state index >= 15 is 0 Å². The van der Waals surface area contributed by atoms with Crippen LogP contribution in [0.1, 0.15) is 19.4 Å². The number of nitrogen functional groups attached to an aromatic ring is 1. The lowest BCUT2D eigenvalue weighted by atomic mass is 10.2. The van der Waals surface area contributed by atoms with Crippen LogP contribution >= 0.6 is 0 Å². The summed E-state index contributed by atoms with van der Waals surface area (Å²) in [7, 11) is 0. The molecule has 5 nitrogen and oxygen atoms in total. The molecule has 0 bridgehead atoms. The van der Waals surface area contributed by atoms with Gasteiger partial charge >= 0.3 is 0 Å². The molecule has 3 N–H and O–H groups in total. The van der Waals surface area contributed by atoms with Gasteiger partial charge in [-0.15, -0.1) is 0 Å². The van der Waals surface area contributed by atoms with Crippen LogP contribution in [0, 0.1) is 5.92 Å². The lowest BCUT2D eigenvalue weighted by Crippen LogP contribution is -2.10. The Hall–Kier alpha value is -2.30. The summed E-state index contributed by atoms with van der Waals surface area (Å²) in [5.74, 6) is 1.70. The molecule has 21 heavy (non-hydrogen) atoms. The smallest absolute Gasteiger partial charge is 0.239 e. The fourth-order valence-electron chi connectivity index (χ4n) is 1.79. The van der Waals surface area contributed by atoms with E-state index in [2.05, 4.69) is 35.2 Å². The van der Waals surface area contributed by atoms with Crippen molar-refractivity contribution in [3.05, 3.63) is 42.2 Å². The van der Waals surface area contributed by atoms with Gasteiger partial charge < -0.3 is 15.8 Å². The minimum Gasteiger partial charge on any atom is -0.476 e. The van der Waals surface area contributed by atoms with Gasteiger partial charge in [0.1, 0.15) is 5.82 Å². The molecule has 2 aromatic heterocycles. The van der Waals surface area contributed by atoms with Gasteiger partial charge in [0.05, 0.1) is 12.3 Å². The number of ether oxygens (including phenoxy) is 1. The number of pyridine rings is 2. The van der Waals surface area contributed by atoms with E-state index in [0.717, 1.165) is 18.8 Å². The molecule has 0 saturated carbocycles. The summed E-state index contributed by atoms with van der Waals surface area (Å²) in [4.78, 5) is 8.50. The second kappa shape index (κ2) is 7.47. The molecule has 0 spiro atoms. The average Bonchev–Trinajstić information content (AvgIpc) is 2.48. The van der Waals surface area contributed by atoms with Crippen LogP contribution in [0.25, 0.3) is 0 Å². The lowest BCUT2D eigenvalue weighted by molar-refractivity contribution is 0.263. The summed E-state index contributed by atoms with van der Waals surface area (Å²) in [6.45, 7) is 5.57. The quantitative estimate of drug-likeness (QED) is 0.818. The highest BCUT2D eigenvalue weighted by molar-refractivity contribution is 5.53. The first kappa shape index (κ1) is 15.1. The van der Waals surface area contributed by atoms with Crippen molar-refractivity contribution >= 4 is 11.5 Å². The first-order valence-electron chi connectivity index (χ1n) is 7.17. The van der Waals surface area contributed by atoms with Crippen molar-refractivity contribution in [1.29, 1.82) is 0 Å². The van der Waals surface area contributed by atoms with Gasteiger partial charge in [0, 0.05) is 18.9 Å². The number of hydrogen-bond donors (Lipinski definition) is 2. The zero-order valence-electron chi connectivity index (χ0n) is 12.5. The number of nitrogens with zero attached hydrogens (tertiary/aromatic N) is 2. The van der Waals surface area contributed by atoms with Crippen molar-refractivity contribution in [1.82, 2.24) is 9.97 Å². The minimum absolute atomic E-state index is 0.438. The third-order valence-corrected chi connectivity index (χ3v) is 2.89. The zero-order chi connectivity index (χ0) is 15.1. The van der Waals surface area contributed by atoms with Gasteiger partial charge in [0.2, 0.25) is 5.88 Å². The fourth-order valence-corrected chi connectivity index (χ4v) is 1.79. The van der Waals surface area contributed by atoms with Crippen molar-refractivity contribution in [2.75, 3.05) is 24.2 Å². The Morgan fingerprint density at radius 3 is 2.86 bits per heavy atom. The Balaban J connectivity index is 1.89. The van der Waals surface area contributed by atoms with Crippen LogP contribution in [0.2, 0.25) is 0 Å². The maximum atomic E-state index is 5.87. The van der Waals surface area contributed by atoms with Crippen molar-refractivity contribution in [3.63, 3.8) is 0 Å². The Labute approximate surface area is 125 Å². The molecule has 0 aliphatic rings. The summed E-state index contributed by atoms with van der Waals surface area (Å²) in [6, 6.07) is 7.67. The van der Waals surface area contributed by atoms with E-state index in [0.29, 0.717) is 24.1 Å². The predicted molar refractivity (Wildman–Crippen MR) is 85.4 cm³/mol. The Kier molecular flexibility index (Phi) is 5.37. The highest BCUT2D eigenvalue weighted by Gasteiger charge is 2.05. The predicted octanol–water partition coefficient (Wildman–Crippen LogP) is 2.75. The minimum atomic E-state index is 0.438. The zero-order valence-corrected chi connectivity index (χ0v) is 12.5. The number of nitrogens with two attached hydrogens (primary N) is 1. The average molecular weight is 286 g/mol. The molecule has 0 saturated heterocycles. The van der Waals surface area contributed by atoms with Gasteiger partial charge in [0.15, 0.2) is 0 Å². The van der Waals surface area contributed by atoms with Crippen LogP contribution in [0.4, 0.5) is 11.5 Å². The summed E-state index contributed by atoms with van der Waals surface area (Å²) < 4.78 is 5.62. The first-order chi connectivity index (χ1) is 10.1. The SMILES string of the molecule is CC(C)COc1nc(NCCc2cccnc2)ccc1N. The molecule has 0 fully saturated rings. The summed E-state index contributed by atoms with van der Waals surface area (Å²) in [6.07, 6.45) is 4.54. The van der Waals surface area contributed by atoms with Gasteiger partial charge in [-0.3, -0.25) is 4.98 Å². The maximum Gasteiger partial charge on any atom is 0.239 e. The van der Waals surface area contributed by atoms with Crippen LogP contribution in [0.5, 0.6) is 5.88 Å². The molecule has 2 heterocycles. The monoisotopic (exact) mass is 286 g/mol. The van der Waals surface area contributed by atoms with E-state index in [4.69, 9.17) is 10.5 Å². The van der Waals surface area contributed by atoms with Crippen LogP contribution < -0.4 is 15.8 Å². The Morgan fingerprint density at radius 1 is 1.29 bits per heavy atom. The highest BCUT2D eigenvalue weighted by atomic mass is 16.5. The first-order valence-corrected chi connectivity index (χ1v) is 7.17. The molecule has 5 heteroatoms. The molecule has 0 atom stereocenters. The van der Waals surface area contributed by atoms with E-state index in [9.17, 15) is 0 Å². The van der Waals surface area contributed by atoms with Gasteiger partial charge in [-0.25, -0.2) is 0 Å². The van der Waals surface area contributed by atoms with E-state index in [1.165, 1.54) is 5.56 Å². The van der Waals surface area contributed by atoms with Gasteiger partial charge in [-0.2, -0.15) is 4.98 Å². The largest absolute Gasteiger partial charge is 0.476 e. The molecule has 0 radical (unpaired) electrons. The number of nitrogens with one attached hydrogen (secondary N) is 1. The molecular weight excluding hydrogens is 264 g/mol. The van der Waals surface area contributed by atoms with E-state index in [1.54, 1.807) is 6.20 Å². The van der Waals surface area contributed by atoms with Crippen molar-refractivity contribution in [3.8, 4) is 5.88 Å². The summed E-state index contributed by atoms with van der Waals surface area (Å²) in [5, 5.41) is 3.27. The lowest BCUT2D eigenvalue weighted by Gasteiger charge is -2.12. The summed E-state index contributed by atoms with van der Waals surface area (Å²) in [5.41, 5.74) is 7.63. The third-order valence-electron chi connectivity index (χ3n) is 2.89. The van der Waals surface area contributed by atoms with Gasteiger partial charge in [-0.05, 0) is 36.1 Å². The van der Waals surface area contributed by atoms with Crippen LogP contribution in [-0.4, -0.2) is 23.1 Å². The van der Waals surface area contributed by atoms with Crippen LogP contribution in [0.3, 0.4) is 0 Å². The molecule has 0 aliphatic carbocycles. The van der Waals surface area contributed by atoms with Crippen molar-refractivity contribution in [2.24, 2.45) is 5.92 Å². The summed E-state index contributed by atoms with van der Waals surface area (Å²) >= 11 is 0. The van der Waals surface area contributed by atoms with Crippen molar-refractivity contribution < 1.29 is 4.74 Å².